The van der Waals surface area contributed by atoms with Gasteiger partial charge in [0, 0.05) is 24.9 Å². The van der Waals surface area contributed by atoms with E-state index in [9.17, 15) is 8.60 Å². The van der Waals surface area contributed by atoms with Crippen LogP contribution in [0.3, 0.4) is 0 Å². The predicted molar refractivity (Wildman–Crippen MR) is 139 cm³/mol. The summed E-state index contributed by atoms with van der Waals surface area (Å²) < 4.78 is 44.8. The molecule has 3 N–H and O–H groups in total. The molecule has 0 bridgehead atoms. The van der Waals surface area contributed by atoms with Crippen molar-refractivity contribution in [2.75, 3.05) is 18.5 Å². The van der Waals surface area contributed by atoms with Gasteiger partial charge in [0.05, 0.1) is 17.0 Å². The van der Waals surface area contributed by atoms with Crippen LogP contribution in [0.1, 0.15) is 37.5 Å². The summed E-state index contributed by atoms with van der Waals surface area (Å²) in [7, 11) is 0. The van der Waals surface area contributed by atoms with E-state index in [1.165, 1.54) is 12.4 Å². The molecule has 0 spiro atoms. The van der Waals surface area contributed by atoms with Gasteiger partial charge in [0.15, 0.2) is 5.65 Å². The highest BCUT2D eigenvalue weighted by atomic mass is 35.5. The topological polar surface area (TPSA) is 127 Å². The van der Waals surface area contributed by atoms with Gasteiger partial charge in [-0.15, -0.1) is 0 Å². The molecule has 3 aromatic heterocycles. The van der Waals surface area contributed by atoms with Crippen molar-refractivity contribution >= 4 is 45.5 Å². The van der Waals surface area contributed by atoms with Gasteiger partial charge in [0.2, 0.25) is 11.3 Å². The lowest BCUT2D eigenvalue weighted by atomic mass is 10.1. The molecule has 1 aliphatic rings. The number of hydrogen-bond donors (Lipinski definition) is 3. The zero-order valence-electron chi connectivity index (χ0n) is 19.7. The van der Waals surface area contributed by atoms with Gasteiger partial charge >= 0.3 is 0 Å². The number of benzene rings is 1. The van der Waals surface area contributed by atoms with Gasteiger partial charge in [-0.05, 0) is 55.9 Å². The lowest BCUT2D eigenvalue weighted by Crippen LogP contribution is -2.17. The molecule has 5 rings (SSSR count). The third kappa shape index (κ3) is 5.63. The van der Waals surface area contributed by atoms with Gasteiger partial charge in [0.1, 0.15) is 35.4 Å². The molecular weight excluding hydrogens is 521 g/mol. The molecule has 0 saturated carbocycles. The molecule has 10 nitrogen and oxygen atoms in total. The number of fused-ring (bicyclic) bond motifs is 1. The summed E-state index contributed by atoms with van der Waals surface area (Å²) in [5.41, 5.74) is 3.18. The fourth-order valence-corrected chi connectivity index (χ4v) is 4.97. The number of aryl methyl sites for hydroxylation is 1. The van der Waals surface area contributed by atoms with E-state index in [1.807, 2.05) is 10.6 Å². The van der Waals surface area contributed by atoms with E-state index < -0.39 is 17.1 Å². The summed E-state index contributed by atoms with van der Waals surface area (Å²) in [6.07, 6.45) is 8.66. The van der Waals surface area contributed by atoms with Crippen molar-refractivity contribution < 1.29 is 17.9 Å². The summed E-state index contributed by atoms with van der Waals surface area (Å²) in [4.78, 5) is 17.9. The predicted octanol–water partition coefficient (Wildman–Crippen LogP) is 4.78. The van der Waals surface area contributed by atoms with Gasteiger partial charge in [-0.2, -0.15) is 0 Å². The van der Waals surface area contributed by atoms with Crippen molar-refractivity contribution in [1.82, 2.24) is 29.2 Å². The van der Waals surface area contributed by atoms with Crippen molar-refractivity contribution in [3.05, 3.63) is 59.5 Å². The Balaban J connectivity index is 1.46. The van der Waals surface area contributed by atoms with Crippen LogP contribution in [-0.4, -0.2) is 46.4 Å². The molecular formula is C24H25ClFN7O3S. The maximum absolute atomic E-state index is 14.9. The van der Waals surface area contributed by atoms with Gasteiger partial charge in [-0.25, -0.2) is 33.3 Å². The number of nitrogens with one attached hydrogen (secondary N) is 2. The number of hydrogen-bond acceptors (Lipinski definition) is 7. The number of halogens is 2. The second-order valence-electron chi connectivity index (χ2n) is 8.53. The maximum atomic E-state index is 14.9. The zero-order chi connectivity index (χ0) is 25.8. The Morgan fingerprint density at radius 3 is 2.92 bits per heavy atom. The fraction of sp³-hybridized carbons (Fsp3) is 0.333. The molecule has 1 aromatic carbocycles. The lowest BCUT2D eigenvalue weighted by molar-refractivity contribution is -0.0298. The minimum absolute atomic E-state index is 0.0873. The maximum Gasteiger partial charge on any atom is 0.231 e. The normalized spacial score (nSPS) is 16.7. The zero-order valence-corrected chi connectivity index (χ0v) is 21.3. The molecule has 4 aromatic rings. The van der Waals surface area contributed by atoms with Gasteiger partial charge in [-0.1, -0.05) is 17.7 Å². The summed E-state index contributed by atoms with van der Waals surface area (Å²) >= 11 is 4.49. The first-order valence-corrected chi connectivity index (χ1v) is 13.3. The first-order chi connectivity index (χ1) is 18.0. The van der Waals surface area contributed by atoms with Gasteiger partial charge in [-0.3, -0.25) is 9.12 Å². The van der Waals surface area contributed by atoms with Gasteiger partial charge < -0.3 is 10.1 Å². The molecule has 13 heteroatoms. The number of anilines is 2. The highest BCUT2D eigenvalue weighted by Crippen LogP contribution is 2.36. The lowest BCUT2D eigenvalue weighted by Gasteiger charge is -2.23. The minimum atomic E-state index is -2.08. The number of imidazole rings is 1. The molecule has 2 unspecified atom stereocenters. The minimum Gasteiger partial charge on any atom is -0.358 e. The molecule has 1 saturated heterocycles. The fourth-order valence-electron chi connectivity index (χ4n) is 4.36. The van der Waals surface area contributed by atoms with E-state index in [-0.39, 0.29) is 16.9 Å². The largest absolute Gasteiger partial charge is 0.358 e. The molecule has 4 heterocycles. The molecule has 1 aliphatic heterocycles. The van der Waals surface area contributed by atoms with E-state index in [0.29, 0.717) is 59.8 Å². The van der Waals surface area contributed by atoms with Crippen LogP contribution < -0.4 is 10.0 Å². The van der Waals surface area contributed by atoms with Crippen molar-refractivity contribution in [3.63, 3.8) is 0 Å². The van der Waals surface area contributed by atoms with E-state index in [0.717, 1.165) is 19.3 Å². The Labute approximate surface area is 220 Å². The Morgan fingerprint density at radius 1 is 1.22 bits per heavy atom. The third-order valence-corrected chi connectivity index (χ3v) is 7.03. The van der Waals surface area contributed by atoms with E-state index in [2.05, 4.69) is 30.0 Å². The number of aromatic nitrogens is 5. The number of pyridine rings is 1. The van der Waals surface area contributed by atoms with Crippen LogP contribution in [0.5, 0.6) is 0 Å². The molecule has 0 aliphatic carbocycles. The van der Waals surface area contributed by atoms with Crippen LogP contribution >= 0.6 is 11.6 Å². The monoisotopic (exact) mass is 545 g/mol. The second-order valence-corrected chi connectivity index (χ2v) is 9.70. The average molecular weight is 546 g/mol. The molecule has 0 radical (unpaired) electrons. The van der Waals surface area contributed by atoms with E-state index >= 15 is 0 Å². The standard InChI is InChI=1S/C24H25ClFN7O3S/c25-19-15(5-3-11-31-37(34)35)8-9-17(26)21(19)32-23-16(6-4-10-27-23)20-22-24(29-13-28-20)33(14-30-22)18-7-1-2-12-36-18/h4,6,8-10,13-14,18,31H,1-3,5,7,11-12H2,(H,27,32)(H,34,35). The van der Waals surface area contributed by atoms with Crippen LogP contribution in [0.25, 0.3) is 22.4 Å². The SMILES string of the molecule is O=S(O)NCCCc1ccc(F)c(Nc2ncccc2-c2ncnc3c2ncn3C2CCCCO2)c1Cl. The van der Waals surface area contributed by atoms with Crippen LogP contribution in [0, 0.1) is 5.82 Å². The molecule has 0 amide bonds. The second kappa shape index (κ2) is 11.6. The van der Waals surface area contributed by atoms with Crippen molar-refractivity contribution in [1.29, 1.82) is 0 Å². The highest BCUT2D eigenvalue weighted by Gasteiger charge is 2.22. The summed E-state index contributed by atoms with van der Waals surface area (Å²) in [5.74, 6) is -0.173. The van der Waals surface area contributed by atoms with Gasteiger partial charge in [0.25, 0.3) is 0 Å². The molecule has 1 fully saturated rings. The number of rotatable bonds is 9. The van der Waals surface area contributed by atoms with E-state index in [1.54, 1.807) is 24.7 Å². The Hall–Kier alpha value is -3.03. The molecule has 2 atom stereocenters. The smallest absolute Gasteiger partial charge is 0.231 e. The number of ether oxygens (including phenoxy) is 1. The average Bonchev–Trinajstić information content (AvgIpc) is 3.35. The summed E-state index contributed by atoms with van der Waals surface area (Å²) in [6.45, 7) is 1.01. The van der Waals surface area contributed by atoms with Crippen molar-refractivity contribution in [3.8, 4) is 11.3 Å². The Morgan fingerprint density at radius 2 is 2.11 bits per heavy atom. The molecule has 194 valence electrons. The van der Waals surface area contributed by atoms with Crippen LogP contribution in [0.2, 0.25) is 5.02 Å². The summed E-state index contributed by atoms with van der Waals surface area (Å²) in [5, 5.41) is 3.27. The quantitative estimate of drug-likeness (QED) is 0.202. The van der Waals surface area contributed by atoms with Crippen LogP contribution in [0.4, 0.5) is 15.9 Å². The highest BCUT2D eigenvalue weighted by molar-refractivity contribution is 7.77. The first kappa shape index (κ1) is 25.6. The van der Waals surface area contributed by atoms with E-state index in [4.69, 9.17) is 20.9 Å². The van der Waals surface area contributed by atoms with Crippen LogP contribution in [-0.2, 0) is 22.4 Å². The van der Waals surface area contributed by atoms with Crippen molar-refractivity contribution in [2.45, 2.75) is 38.3 Å². The van der Waals surface area contributed by atoms with Crippen molar-refractivity contribution in [2.24, 2.45) is 0 Å². The number of nitrogens with zero attached hydrogens (tertiary/aromatic N) is 5. The van der Waals surface area contributed by atoms with Crippen LogP contribution in [0.15, 0.2) is 43.1 Å². The Bertz CT molecular complexity index is 1430. The summed E-state index contributed by atoms with van der Waals surface area (Å²) in [6, 6.07) is 6.52. The first-order valence-electron chi connectivity index (χ1n) is 11.9. The third-order valence-electron chi connectivity index (χ3n) is 6.15. The molecule has 37 heavy (non-hydrogen) atoms. The Kier molecular flexibility index (Phi) is 8.01.